The fourth-order valence-corrected chi connectivity index (χ4v) is 2.90. The molecule has 0 saturated carbocycles. The zero-order valence-corrected chi connectivity index (χ0v) is 14.8. The number of anilines is 3. The predicted octanol–water partition coefficient (Wildman–Crippen LogP) is 2.78. The molecule has 1 aliphatic heterocycles. The molecule has 1 heterocycles. The zero-order valence-electron chi connectivity index (χ0n) is 14.8. The number of morpholine rings is 1. The minimum absolute atomic E-state index is 0.0350. The average Bonchev–Trinajstić information content (AvgIpc) is 2.68. The number of nitrogens with zero attached hydrogens (tertiary/aromatic N) is 1. The number of ketones is 1. The lowest BCUT2D eigenvalue weighted by Crippen LogP contribution is -2.36. The molecule has 2 aromatic rings. The van der Waals surface area contributed by atoms with Crippen molar-refractivity contribution < 1.29 is 14.3 Å². The number of benzene rings is 2. The maximum Gasteiger partial charge on any atom is 0.243 e. The van der Waals surface area contributed by atoms with Gasteiger partial charge < -0.3 is 20.3 Å². The lowest BCUT2D eigenvalue weighted by atomic mass is 10.1. The van der Waals surface area contributed by atoms with E-state index in [0.717, 1.165) is 37.7 Å². The summed E-state index contributed by atoms with van der Waals surface area (Å²) in [5, 5.41) is 5.88. The Morgan fingerprint density at radius 2 is 1.73 bits per heavy atom. The quantitative estimate of drug-likeness (QED) is 0.782. The third kappa shape index (κ3) is 4.61. The van der Waals surface area contributed by atoms with Crippen molar-refractivity contribution in [3.63, 3.8) is 0 Å². The summed E-state index contributed by atoms with van der Waals surface area (Å²) in [5.41, 5.74) is 3.11. The molecule has 6 heteroatoms. The normalized spacial score (nSPS) is 14.0. The lowest BCUT2D eigenvalue weighted by Gasteiger charge is -2.28. The summed E-state index contributed by atoms with van der Waals surface area (Å²) in [7, 11) is 0. The average molecular weight is 353 g/mol. The van der Waals surface area contributed by atoms with E-state index >= 15 is 0 Å². The Balaban J connectivity index is 1.54. The molecule has 136 valence electrons. The van der Waals surface area contributed by atoms with Gasteiger partial charge in [-0.05, 0) is 43.3 Å². The maximum absolute atomic E-state index is 12.2. The highest BCUT2D eigenvalue weighted by atomic mass is 16.5. The molecule has 6 nitrogen and oxygen atoms in total. The third-order valence-electron chi connectivity index (χ3n) is 4.27. The van der Waals surface area contributed by atoms with E-state index in [1.165, 1.54) is 6.92 Å². The van der Waals surface area contributed by atoms with Crippen LogP contribution in [0.5, 0.6) is 0 Å². The molecule has 1 amide bonds. The van der Waals surface area contributed by atoms with Crippen LogP contribution in [0, 0.1) is 0 Å². The molecule has 26 heavy (non-hydrogen) atoms. The van der Waals surface area contributed by atoms with Crippen molar-refractivity contribution in [2.75, 3.05) is 48.4 Å². The number of hydrogen-bond acceptors (Lipinski definition) is 5. The van der Waals surface area contributed by atoms with Crippen LogP contribution in [0.25, 0.3) is 0 Å². The van der Waals surface area contributed by atoms with E-state index in [2.05, 4.69) is 15.5 Å². The van der Waals surface area contributed by atoms with Crippen molar-refractivity contribution in [3.8, 4) is 0 Å². The highest BCUT2D eigenvalue weighted by Gasteiger charge is 2.11. The fourth-order valence-electron chi connectivity index (χ4n) is 2.90. The second-order valence-corrected chi connectivity index (χ2v) is 6.15. The second-order valence-electron chi connectivity index (χ2n) is 6.15. The smallest absolute Gasteiger partial charge is 0.243 e. The maximum atomic E-state index is 12.2. The van der Waals surface area contributed by atoms with Crippen molar-refractivity contribution in [1.29, 1.82) is 0 Å². The molecule has 1 fully saturated rings. The summed E-state index contributed by atoms with van der Waals surface area (Å²) in [5.74, 6) is -0.199. The van der Waals surface area contributed by atoms with Crippen LogP contribution in [-0.2, 0) is 9.53 Å². The van der Waals surface area contributed by atoms with Gasteiger partial charge in [0.15, 0.2) is 5.78 Å². The van der Waals surface area contributed by atoms with E-state index in [4.69, 9.17) is 4.74 Å². The molecule has 0 aliphatic carbocycles. The number of carbonyl (C=O) groups excluding carboxylic acids is 2. The first kappa shape index (κ1) is 17.9. The second kappa shape index (κ2) is 8.49. The Morgan fingerprint density at radius 1 is 1.04 bits per heavy atom. The van der Waals surface area contributed by atoms with Crippen LogP contribution in [0.4, 0.5) is 17.1 Å². The van der Waals surface area contributed by atoms with Crippen molar-refractivity contribution in [3.05, 3.63) is 54.1 Å². The lowest BCUT2D eigenvalue weighted by molar-refractivity contribution is -0.114. The number of carbonyl (C=O) groups is 2. The fraction of sp³-hybridized carbons (Fsp3) is 0.300. The standard InChI is InChI=1S/C20H23N3O3/c1-15(24)18-4-2-3-5-19(18)21-14-20(25)22-16-6-8-17(9-7-16)23-10-12-26-13-11-23/h2-9,21H,10-14H2,1H3,(H,22,25). The first-order valence-corrected chi connectivity index (χ1v) is 8.70. The molecule has 1 saturated heterocycles. The molecule has 3 rings (SSSR count). The highest BCUT2D eigenvalue weighted by molar-refractivity contribution is 6.00. The number of amides is 1. The van der Waals surface area contributed by atoms with E-state index in [-0.39, 0.29) is 18.2 Å². The summed E-state index contributed by atoms with van der Waals surface area (Å²) in [6.45, 7) is 4.85. The van der Waals surface area contributed by atoms with Gasteiger partial charge in [-0.3, -0.25) is 9.59 Å². The highest BCUT2D eigenvalue weighted by Crippen LogP contribution is 2.19. The third-order valence-corrected chi connectivity index (χ3v) is 4.27. The molecular formula is C20H23N3O3. The van der Waals surface area contributed by atoms with Gasteiger partial charge in [-0.25, -0.2) is 0 Å². The Bertz CT molecular complexity index is 768. The van der Waals surface area contributed by atoms with Gasteiger partial charge in [-0.2, -0.15) is 0 Å². The van der Waals surface area contributed by atoms with Gasteiger partial charge in [0.1, 0.15) is 0 Å². The van der Waals surface area contributed by atoms with Crippen molar-refractivity contribution >= 4 is 28.8 Å². The molecule has 0 spiro atoms. The Labute approximate surface area is 153 Å². The Kier molecular flexibility index (Phi) is 5.86. The van der Waals surface area contributed by atoms with E-state index in [9.17, 15) is 9.59 Å². The SMILES string of the molecule is CC(=O)c1ccccc1NCC(=O)Nc1ccc(N2CCOCC2)cc1. The van der Waals surface area contributed by atoms with E-state index in [0.29, 0.717) is 11.3 Å². The number of rotatable bonds is 6. The number of nitrogens with one attached hydrogen (secondary N) is 2. The van der Waals surface area contributed by atoms with Gasteiger partial charge in [0, 0.05) is 35.7 Å². The number of hydrogen-bond donors (Lipinski definition) is 2. The zero-order chi connectivity index (χ0) is 18.4. The van der Waals surface area contributed by atoms with Crippen molar-refractivity contribution in [2.24, 2.45) is 0 Å². The van der Waals surface area contributed by atoms with Crippen LogP contribution in [-0.4, -0.2) is 44.5 Å². The van der Waals surface area contributed by atoms with Crippen LogP contribution in [0.2, 0.25) is 0 Å². The molecule has 0 unspecified atom stereocenters. The Hall–Kier alpha value is -2.86. The summed E-state index contributed by atoms with van der Waals surface area (Å²) in [4.78, 5) is 26.0. The molecule has 0 bridgehead atoms. The van der Waals surface area contributed by atoms with Crippen LogP contribution < -0.4 is 15.5 Å². The molecular weight excluding hydrogens is 330 g/mol. The van der Waals surface area contributed by atoms with Crippen molar-refractivity contribution in [1.82, 2.24) is 0 Å². The number of Topliss-reactive ketones (excluding diaryl/α,β-unsaturated/α-hetero) is 1. The van der Waals surface area contributed by atoms with E-state index in [1.54, 1.807) is 18.2 Å². The Morgan fingerprint density at radius 3 is 2.42 bits per heavy atom. The molecule has 0 radical (unpaired) electrons. The van der Waals surface area contributed by atoms with Crippen LogP contribution in [0.15, 0.2) is 48.5 Å². The van der Waals surface area contributed by atoms with Crippen LogP contribution in [0.1, 0.15) is 17.3 Å². The van der Waals surface area contributed by atoms with Crippen molar-refractivity contribution in [2.45, 2.75) is 6.92 Å². The van der Waals surface area contributed by atoms with E-state index < -0.39 is 0 Å². The summed E-state index contributed by atoms with van der Waals surface area (Å²) >= 11 is 0. The minimum atomic E-state index is -0.164. The number of para-hydroxylation sites is 1. The first-order valence-electron chi connectivity index (χ1n) is 8.70. The van der Waals surface area contributed by atoms with Gasteiger partial charge in [-0.15, -0.1) is 0 Å². The number of ether oxygens (including phenoxy) is 1. The topological polar surface area (TPSA) is 70.7 Å². The molecule has 2 N–H and O–H groups in total. The van der Waals surface area contributed by atoms with Crippen LogP contribution >= 0.6 is 0 Å². The molecule has 2 aromatic carbocycles. The van der Waals surface area contributed by atoms with Gasteiger partial charge in [0.05, 0.1) is 19.8 Å². The van der Waals surface area contributed by atoms with Gasteiger partial charge in [0.25, 0.3) is 0 Å². The molecule has 0 aromatic heterocycles. The van der Waals surface area contributed by atoms with Crippen LogP contribution in [0.3, 0.4) is 0 Å². The first-order chi connectivity index (χ1) is 12.6. The summed E-state index contributed by atoms with van der Waals surface area (Å²) in [6, 6.07) is 15.0. The summed E-state index contributed by atoms with van der Waals surface area (Å²) in [6.07, 6.45) is 0. The van der Waals surface area contributed by atoms with Gasteiger partial charge >= 0.3 is 0 Å². The van der Waals surface area contributed by atoms with Gasteiger partial charge in [-0.1, -0.05) is 12.1 Å². The largest absolute Gasteiger partial charge is 0.378 e. The summed E-state index contributed by atoms with van der Waals surface area (Å²) < 4.78 is 5.36. The monoisotopic (exact) mass is 353 g/mol. The van der Waals surface area contributed by atoms with Gasteiger partial charge in [0.2, 0.25) is 5.91 Å². The minimum Gasteiger partial charge on any atom is -0.378 e. The molecule has 0 atom stereocenters. The van der Waals surface area contributed by atoms with E-state index in [1.807, 2.05) is 30.3 Å². The molecule has 1 aliphatic rings. The predicted molar refractivity (Wildman–Crippen MR) is 103 cm³/mol.